The van der Waals surface area contributed by atoms with Gasteiger partial charge in [0.1, 0.15) is 6.61 Å². The molecule has 2 aromatic carbocycles. The molecule has 6 heteroatoms. The first kappa shape index (κ1) is 17.6. The van der Waals surface area contributed by atoms with Crippen LogP contribution in [0.15, 0.2) is 48.5 Å². The van der Waals surface area contributed by atoms with E-state index in [0.29, 0.717) is 22.4 Å². The van der Waals surface area contributed by atoms with Crippen molar-refractivity contribution in [1.29, 1.82) is 0 Å². The molecule has 24 heavy (non-hydrogen) atoms. The van der Waals surface area contributed by atoms with Crippen LogP contribution >= 0.6 is 0 Å². The van der Waals surface area contributed by atoms with Gasteiger partial charge >= 0.3 is 6.18 Å². The summed E-state index contributed by atoms with van der Waals surface area (Å²) in [7, 11) is 0. The van der Waals surface area contributed by atoms with Gasteiger partial charge in [0.2, 0.25) is 0 Å². The lowest BCUT2D eigenvalue weighted by molar-refractivity contribution is -0.176. The monoisotopic (exact) mass is 333 g/mol. The largest absolute Gasteiger partial charge is 0.411 e. The van der Waals surface area contributed by atoms with Gasteiger partial charge in [0, 0.05) is 16.8 Å². The van der Waals surface area contributed by atoms with Gasteiger partial charge in [-0.1, -0.05) is 24.1 Å². The highest BCUT2D eigenvalue weighted by atomic mass is 19.4. The molecule has 0 aromatic heterocycles. The summed E-state index contributed by atoms with van der Waals surface area (Å²) < 4.78 is 40.6. The number of nitrogens with one attached hydrogen (secondary N) is 1. The van der Waals surface area contributed by atoms with Crippen LogP contribution in [0.3, 0.4) is 0 Å². The molecule has 3 nitrogen and oxygen atoms in total. The topological polar surface area (TPSA) is 38.3 Å². The van der Waals surface area contributed by atoms with E-state index in [1.54, 1.807) is 36.4 Å². The van der Waals surface area contributed by atoms with Gasteiger partial charge in [-0.05, 0) is 35.9 Å². The first-order valence-electron chi connectivity index (χ1n) is 6.99. The minimum Gasteiger partial charge on any atom is -0.367 e. The van der Waals surface area contributed by atoms with Crippen LogP contribution in [0.1, 0.15) is 21.5 Å². The number of hydrogen-bond donors (Lipinski definition) is 1. The minimum atomic E-state index is -4.35. The summed E-state index contributed by atoms with van der Waals surface area (Å²) in [6.45, 7) is -1.48. The molecule has 0 bridgehead atoms. The van der Waals surface area contributed by atoms with Crippen LogP contribution in [0.25, 0.3) is 0 Å². The molecule has 0 atom stereocenters. The first-order valence-corrected chi connectivity index (χ1v) is 6.99. The van der Waals surface area contributed by atoms with E-state index in [0.717, 1.165) is 0 Å². The number of hydrogen-bond acceptors (Lipinski definition) is 2. The molecule has 0 fully saturated rings. The highest BCUT2D eigenvalue weighted by Crippen LogP contribution is 2.16. The zero-order valence-electron chi connectivity index (χ0n) is 12.6. The summed E-state index contributed by atoms with van der Waals surface area (Å²) in [5, 5.41) is 2.70. The van der Waals surface area contributed by atoms with Gasteiger partial charge in [0.15, 0.2) is 0 Å². The summed E-state index contributed by atoms with van der Waals surface area (Å²) in [5.74, 6) is 2.13. The summed E-state index contributed by atoms with van der Waals surface area (Å²) >= 11 is 0. The normalized spacial score (nSPS) is 10.9. The van der Waals surface area contributed by atoms with E-state index < -0.39 is 12.8 Å². The van der Waals surface area contributed by atoms with Gasteiger partial charge in [-0.15, -0.1) is 6.42 Å². The maximum absolute atomic E-state index is 12.1. The third-order valence-corrected chi connectivity index (χ3v) is 3.04. The standard InChI is InChI=1S/C18H14F3NO2/c1-2-13-4-3-5-16(10-13)22-17(23)15-8-6-14(7-9-15)11-24-12-18(19,20)21/h1,3-10H,11-12H2,(H,22,23). The predicted octanol–water partition coefficient (Wildman–Crippen LogP) is 4.00. The van der Waals surface area contributed by atoms with E-state index in [1.165, 1.54) is 12.1 Å². The van der Waals surface area contributed by atoms with Crippen molar-refractivity contribution in [2.45, 2.75) is 12.8 Å². The molecule has 124 valence electrons. The Bertz CT molecular complexity index is 746. The number of alkyl halides is 3. The molecule has 2 aromatic rings. The highest BCUT2D eigenvalue weighted by Gasteiger charge is 2.27. The number of anilines is 1. The minimum absolute atomic E-state index is 0.175. The number of ether oxygens (including phenoxy) is 1. The average Bonchev–Trinajstić information content (AvgIpc) is 2.54. The van der Waals surface area contributed by atoms with Crippen LogP contribution in [0, 0.1) is 12.3 Å². The Hall–Kier alpha value is -2.78. The molecule has 0 heterocycles. The van der Waals surface area contributed by atoms with Gasteiger partial charge in [-0.3, -0.25) is 4.79 Å². The molecule has 0 aliphatic rings. The van der Waals surface area contributed by atoms with E-state index in [4.69, 9.17) is 6.42 Å². The molecule has 0 aliphatic heterocycles. The Labute approximate surface area is 137 Å². The van der Waals surface area contributed by atoms with E-state index >= 15 is 0 Å². The van der Waals surface area contributed by atoms with E-state index in [1.807, 2.05) is 0 Å². The number of halogens is 3. The smallest absolute Gasteiger partial charge is 0.367 e. The van der Waals surface area contributed by atoms with E-state index in [9.17, 15) is 18.0 Å². The quantitative estimate of drug-likeness (QED) is 0.840. The fourth-order valence-electron chi connectivity index (χ4n) is 1.93. The van der Waals surface area contributed by atoms with Crippen molar-refractivity contribution in [3.8, 4) is 12.3 Å². The van der Waals surface area contributed by atoms with Gasteiger partial charge in [-0.2, -0.15) is 13.2 Å². The van der Waals surface area contributed by atoms with Gasteiger partial charge < -0.3 is 10.1 Å². The van der Waals surface area contributed by atoms with Gasteiger partial charge in [-0.25, -0.2) is 0 Å². The third kappa shape index (κ3) is 5.45. The molecule has 0 spiro atoms. The summed E-state index contributed by atoms with van der Waals surface area (Å²) in [5.41, 5.74) is 2.13. The molecule has 0 unspecified atom stereocenters. The number of amides is 1. The van der Waals surface area contributed by atoms with Crippen molar-refractivity contribution >= 4 is 11.6 Å². The molecule has 1 N–H and O–H groups in total. The average molecular weight is 333 g/mol. The SMILES string of the molecule is C#Cc1cccc(NC(=O)c2ccc(COCC(F)(F)F)cc2)c1. The zero-order valence-corrected chi connectivity index (χ0v) is 12.6. The van der Waals surface area contributed by atoms with Crippen molar-refractivity contribution in [1.82, 2.24) is 0 Å². The van der Waals surface area contributed by atoms with Gasteiger partial charge in [0.05, 0.1) is 6.61 Å². The molecular weight excluding hydrogens is 319 g/mol. The number of carbonyl (C=O) groups excluding carboxylic acids is 1. The van der Waals surface area contributed by atoms with Crippen molar-refractivity contribution in [3.63, 3.8) is 0 Å². The molecule has 2 rings (SSSR count). The van der Waals surface area contributed by atoms with Crippen LogP contribution < -0.4 is 5.32 Å². The number of benzene rings is 2. The molecule has 0 aliphatic carbocycles. The maximum Gasteiger partial charge on any atom is 0.411 e. The molecule has 0 radical (unpaired) electrons. The van der Waals surface area contributed by atoms with Crippen molar-refractivity contribution in [2.24, 2.45) is 0 Å². The predicted molar refractivity (Wildman–Crippen MR) is 84.5 cm³/mol. The first-order chi connectivity index (χ1) is 11.4. The highest BCUT2D eigenvalue weighted by molar-refractivity contribution is 6.04. The fourth-order valence-corrected chi connectivity index (χ4v) is 1.93. The second-order valence-corrected chi connectivity index (χ2v) is 4.98. The van der Waals surface area contributed by atoms with Gasteiger partial charge in [0.25, 0.3) is 5.91 Å². The lowest BCUT2D eigenvalue weighted by Crippen LogP contribution is -2.16. The van der Waals surface area contributed by atoms with Crippen molar-refractivity contribution in [3.05, 3.63) is 65.2 Å². The fraction of sp³-hybridized carbons (Fsp3) is 0.167. The summed E-state index contributed by atoms with van der Waals surface area (Å²) in [6.07, 6.45) is 0.945. The summed E-state index contributed by atoms with van der Waals surface area (Å²) in [4.78, 5) is 12.1. The second-order valence-electron chi connectivity index (χ2n) is 4.98. The maximum atomic E-state index is 12.1. The van der Waals surface area contributed by atoms with Crippen LogP contribution in [-0.2, 0) is 11.3 Å². The van der Waals surface area contributed by atoms with Crippen LogP contribution in [0.5, 0.6) is 0 Å². The van der Waals surface area contributed by atoms with Crippen molar-refractivity contribution < 1.29 is 22.7 Å². The molecular formula is C18H14F3NO2. The lowest BCUT2D eigenvalue weighted by atomic mass is 10.1. The Balaban J connectivity index is 1.94. The Morgan fingerprint density at radius 1 is 1.17 bits per heavy atom. The number of rotatable bonds is 5. The van der Waals surface area contributed by atoms with Crippen LogP contribution in [-0.4, -0.2) is 18.7 Å². The molecule has 1 amide bonds. The number of carbonyl (C=O) groups is 1. The number of terminal acetylenes is 1. The molecule has 0 saturated heterocycles. The summed E-state index contributed by atoms with van der Waals surface area (Å²) in [6, 6.07) is 13.0. The van der Waals surface area contributed by atoms with Crippen LogP contribution in [0.2, 0.25) is 0 Å². The lowest BCUT2D eigenvalue weighted by Gasteiger charge is -2.09. The third-order valence-electron chi connectivity index (χ3n) is 3.04. The second kappa shape index (κ2) is 7.66. The zero-order chi connectivity index (χ0) is 17.6. The Morgan fingerprint density at radius 2 is 1.88 bits per heavy atom. The van der Waals surface area contributed by atoms with E-state index in [-0.39, 0.29) is 12.5 Å². The Kier molecular flexibility index (Phi) is 5.61. The molecule has 0 saturated carbocycles. The van der Waals surface area contributed by atoms with Crippen molar-refractivity contribution in [2.75, 3.05) is 11.9 Å². The van der Waals surface area contributed by atoms with Crippen LogP contribution in [0.4, 0.5) is 18.9 Å². The Morgan fingerprint density at radius 3 is 2.50 bits per heavy atom. The van der Waals surface area contributed by atoms with E-state index in [2.05, 4.69) is 16.0 Å².